The van der Waals surface area contributed by atoms with E-state index in [9.17, 15) is 9.90 Å². The van der Waals surface area contributed by atoms with Crippen LogP contribution in [0.2, 0.25) is 0 Å². The van der Waals surface area contributed by atoms with Crippen molar-refractivity contribution in [3.05, 3.63) is 0 Å². The van der Waals surface area contributed by atoms with Gasteiger partial charge in [-0.15, -0.1) is 12.4 Å². The van der Waals surface area contributed by atoms with Gasteiger partial charge in [-0.3, -0.25) is 4.79 Å². The Morgan fingerprint density at radius 2 is 1.82 bits per heavy atom. The number of rotatable bonds is 6. The van der Waals surface area contributed by atoms with Crippen molar-refractivity contribution in [2.45, 2.75) is 40.2 Å². The molecule has 2 unspecified atom stereocenters. The second-order valence-electron chi connectivity index (χ2n) is 5.62. The number of halogens is 1. The van der Waals surface area contributed by atoms with Gasteiger partial charge < -0.3 is 15.7 Å². The molecule has 0 saturated heterocycles. The molecule has 0 aliphatic carbocycles. The number of nitrogens with one attached hydrogen (secondary N) is 2. The Kier molecular flexibility index (Phi) is 9.77. The van der Waals surface area contributed by atoms with Crippen LogP contribution in [0, 0.1) is 11.3 Å². The van der Waals surface area contributed by atoms with E-state index in [-0.39, 0.29) is 29.6 Å². The minimum absolute atomic E-state index is 0. The highest BCUT2D eigenvalue weighted by molar-refractivity contribution is 5.85. The molecule has 0 heterocycles. The van der Waals surface area contributed by atoms with Crippen molar-refractivity contribution in [1.29, 1.82) is 0 Å². The van der Waals surface area contributed by atoms with Gasteiger partial charge in [0.25, 0.3) is 0 Å². The molecule has 4 nitrogen and oxygen atoms in total. The van der Waals surface area contributed by atoms with Crippen LogP contribution in [0.5, 0.6) is 0 Å². The van der Waals surface area contributed by atoms with Crippen LogP contribution in [0.1, 0.15) is 34.1 Å². The van der Waals surface area contributed by atoms with Gasteiger partial charge in [0.1, 0.15) is 0 Å². The summed E-state index contributed by atoms with van der Waals surface area (Å²) >= 11 is 0. The number of hydrogen-bond acceptors (Lipinski definition) is 3. The van der Waals surface area contributed by atoms with Crippen LogP contribution in [-0.4, -0.2) is 37.3 Å². The Bertz CT molecular complexity index is 217. The van der Waals surface area contributed by atoms with Crippen LogP contribution < -0.4 is 10.6 Å². The Labute approximate surface area is 111 Å². The maximum atomic E-state index is 11.5. The monoisotopic (exact) mass is 266 g/mol. The van der Waals surface area contributed by atoms with Gasteiger partial charge >= 0.3 is 0 Å². The molecule has 0 spiro atoms. The first-order chi connectivity index (χ1) is 7.26. The molecule has 0 saturated carbocycles. The number of amides is 1. The van der Waals surface area contributed by atoms with Gasteiger partial charge in [-0.2, -0.15) is 0 Å². The summed E-state index contributed by atoms with van der Waals surface area (Å²) in [4.78, 5) is 11.5. The largest absolute Gasteiger partial charge is 0.391 e. The van der Waals surface area contributed by atoms with Crippen molar-refractivity contribution in [3.63, 3.8) is 0 Å². The fourth-order valence-electron chi connectivity index (χ4n) is 1.57. The van der Waals surface area contributed by atoms with Crippen molar-refractivity contribution in [2.75, 3.05) is 20.1 Å². The fourth-order valence-corrected chi connectivity index (χ4v) is 1.57. The summed E-state index contributed by atoms with van der Waals surface area (Å²) < 4.78 is 0. The third-order valence-corrected chi connectivity index (χ3v) is 2.32. The van der Waals surface area contributed by atoms with Crippen molar-refractivity contribution in [2.24, 2.45) is 11.3 Å². The lowest BCUT2D eigenvalue weighted by molar-refractivity contribution is -0.124. The molecule has 0 aliphatic rings. The van der Waals surface area contributed by atoms with E-state index in [1.807, 2.05) is 14.0 Å². The van der Waals surface area contributed by atoms with Gasteiger partial charge in [-0.1, -0.05) is 27.7 Å². The Balaban J connectivity index is 0. The molecular formula is C12H27ClN2O2. The molecule has 0 aliphatic heterocycles. The highest BCUT2D eigenvalue weighted by atomic mass is 35.5. The lowest BCUT2D eigenvalue weighted by atomic mass is 9.89. The molecule has 0 radical (unpaired) electrons. The zero-order valence-electron chi connectivity index (χ0n) is 11.5. The van der Waals surface area contributed by atoms with Crippen molar-refractivity contribution in [1.82, 2.24) is 10.6 Å². The van der Waals surface area contributed by atoms with E-state index >= 15 is 0 Å². The van der Waals surface area contributed by atoms with E-state index in [1.165, 1.54) is 0 Å². The molecule has 17 heavy (non-hydrogen) atoms. The van der Waals surface area contributed by atoms with Crippen molar-refractivity contribution < 1.29 is 9.90 Å². The van der Waals surface area contributed by atoms with Gasteiger partial charge in [0, 0.05) is 19.0 Å². The fraction of sp³-hybridized carbons (Fsp3) is 0.917. The molecule has 0 bridgehead atoms. The topological polar surface area (TPSA) is 61.4 Å². The maximum absolute atomic E-state index is 11.5. The minimum Gasteiger partial charge on any atom is -0.391 e. The maximum Gasteiger partial charge on any atom is 0.224 e. The van der Waals surface area contributed by atoms with E-state index in [4.69, 9.17) is 0 Å². The molecule has 104 valence electrons. The van der Waals surface area contributed by atoms with Crippen LogP contribution in [0.3, 0.4) is 0 Å². The predicted molar refractivity (Wildman–Crippen MR) is 73.4 cm³/mol. The third kappa shape index (κ3) is 10.5. The van der Waals surface area contributed by atoms with Gasteiger partial charge in [0.05, 0.1) is 6.10 Å². The van der Waals surface area contributed by atoms with Gasteiger partial charge in [0.2, 0.25) is 5.91 Å². The lowest BCUT2D eigenvalue weighted by Gasteiger charge is -2.23. The highest BCUT2D eigenvalue weighted by Gasteiger charge is 2.18. The summed E-state index contributed by atoms with van der Waals surface area (Å²) in [5, 5.41) is 15.4. The van der Waals surface area contributed by atoms with E-state index in [0.29, 0.717) is 19.5 Å². The molecule has 0 aromatic heterocycles. The minimum atomic E-state index is -0.467. The number of hydrogen-bond donors (Lipinski definition) is 3. The number of carbonyl (C=O) groups is 1. The Hall–Kier alpha value is -0.320. The quantitative estimate of drug-likeness (QED) is 0.677. The van der Waals surface area contributed by atoms with Crippen LogP contribution in [-0.2, 0) is 4.79 Å². The van der Waals surface area contributed by atoms with Crippen LogP contribution in [0.25, 0.3) is 0 Å². The third-order valence-electron chi connectivity index (χ3n) is 2.32. The molecule has 0 aromatic carbocycles. The lowest BCUT2D eigenvalue weighted by Crippen LogP contribution is -2.39. The molecule has 0 fully saturated rings. The molecule has 3 N–H and O–H groups in total. The molecule has 5 heteroatoms. The summed E-state index contributed by atoms with van der Waals surface area (Å²) in [6.07, 6.45) is 0.221. The summed E-state index contributed by atoms with van der Waals surface area (Å²) in [6, 6.07) is 0. The first-order valence-electron chi connectivity index (χ1n) is 5.86. The molecule has 0 aromatic rings. The molecule has 2 atom stereocenters. The summed E-state index contributed by atoms with van der Waals surface area (Å²) in [5.74, 6) is -0.0749. The first-order valence-corrected chi connectivity index (χ1v) is 5.86. The number of aliphatic hydroxyl groups excluding tert-OH is 1. The van der Waals surface area contributed by atoms with Crippen molar-refractivity contribution in [3.8, 4) is 0 Å². The summed E-state index contributed by atoms with van der Waals surface area (Å²) in [6.45, 7) is 9.07. The van der Waals surface area contributed by atoms with Crippen molar-refractivity contribution >= 4 is 18.3 Å². The van der Waals surface area contributed by atoms with Crippen LogP contribution in [0.4, 0.5) is 0 Å². The zero-order valence-corrected chi connectivity index (χ0v) is 12.4. The number of aliphatic hydroxyl groups is 1. The zero-order chi connectivity index (χ0) is 12.8. The highest BCUT2D eigenvalue weighted by Crippen LogP contribution is 2.20. The van der Waals surface area contributed by atoms with E-state index in [1.54, 1.807) is 0 Å². The summed E-state index contributed by atoms with van der Waals surface area (Å²) in [5.41, 5.74) is 0.0841. The Morgan fingerprint density at radius 3 is 2.24 bits per heavy atom. The standard InChI is InChI=1S/C12H26N2O2.ClH/c1-9(7-13-5)11(16)14-8-10(15)6-12(2,3)4;/h9-10,13,15H,6-8H2,1-5H3,(H,14,16);1H. The van der Waals surface area contributed by atoms with Gasteiger partial charge in [-0.05, 0) is 18.9 Å². The predicted octanol–water partition coefficient (Wildman–Crippen LogP) is 1.18. The second-order valence-corrected chi connectivity index (χ2v) is 5.62. The average molecular weight is 267 g/mol. The molecule has 0 rings (SSSR count). The first kappa shape index (κ1) is 19.0. The molecular weight excluding hydrogens is 240 g/mol. The van der Waals surface area contributed by atoms with E-state index < -0.39 is 6.10 Å². The Morgan fingerprint density at radius 1 is 1.29 bits per heavy atom. The average Bonchev–Trinajstić information content (AvgIpc) is 2.11. The SMILES string of the molecule is CNCC(C)C(=O)NCC(O)CC(C)(C)C.Cl. The van der Waals surface area contributed by atoms with E-state index in [0.717, 1.165) is 0 Å². The van der Waals surface area contributed by atoms with Gasteiger partial charge in [0.15, 0.2) is 0 Å². The van der Waals surface area contributed by atoms with Crippen LogP contribution in [0.15, 0.2) is 0 Å². The number of carbonyl (C=O) groups excluding carboxylic acids is 1. The van der Waals surface area contributed by atoms with E-state index in [2.05, 4.69) is 31.4 Å². The van der Waals surface area contributed by atoms with Crippen LogP contribution >= 0.6 is 12.4 Å². The normalized spacial score (nSPS) is 14.7. The summed E-state index contributed by atoms with van der Waals surface area (Å²) in [7, 11) is 1.82. The smallest absolute Gasteiger partial charge is 0.224 e. The second kappa shape index (κ2) is 8.72. The molecule has 1 amide bonds. The van der Waals surface area contributed by atoms with Gasteiger partial charge in [-0.25, -0.2) is 0 Å².